The van der Waals surface area contributed by atoms with Crippen LogP contribution in [0.5, 0.6) is 0 Å². The van der Waals surface area contributed by atoms with Crippen LogP contribution in [0.4, 0.5) is 22.0 Å². The maximum Gasteiger partial charge on any atom is 0.457 e. The van der Waals surface area contributed by atoms with E-state index in [1.807, 2.05) is 5.92 Å². The van der Waals surface area contributed by atoms with Gasteiger partial charge in [0.05, 0.1) is 5.92 Å². The third-order valence-corrected chi connectivity index (χ3v) is 7.43. The number of alkyl halides is 5. The maximum absolute atomic E-state index is 14.4. The van der Waals surface area contributed by atoms with Crippen molar-refractivity contribution in [1.82, 2.24) is 0 Å². The van der Waals surface area contributed by atoms with Gasteiger partial charge in [0.15, 0.2) is 0 Å². The summed E-state index contributed by atoms with van der Waals surface area (Å²) in [6, 6.07) is 0. The second kappa shape index (κ2) is 8.70. The molecule has 0 saturated heterocycles. The SMILES string of the molecule is CC1CCC(C2CCC(C3CC(F)C(C#CC(F)(F)F)C(F)C3)CC2)CC1. The Kier molecular flexibility index (Phi) is 6.75. The molecule has 2 unspecified atom stereocenters. The maximum atomic E-state index is 14.4. The Labute approximate surface area is 159 Å². The molecule has 3 aliphatic carbocycles. The summed E-state index contributed by atoms with van der Waals surface area (Å²) in [7, 11) is 0. The second-order valence-corrected chi connectivity index (χ2v) is 9.25. The summed E-state index contributed by atoms with van der Waals surface area (Å²) in [4.78, 5) is 0. The van der Waals surface area contributed by atoms with Gasteiger partial charge in [0, 0.05) is 5.92 Å². The summed E-state index contributed by atoms with van der Waals surface area (Å²) in [5.41, 5.74) is 0. The van der Waals surface area contributed by atoms with Crippen molar-refractivity contribution in [1.29, 1.82) is 0 Å². The van der Waals surface area contributed by atoms with Crippen molar-refractivity contribution in [2.24, 2.45) is 35.5 Å². The Morgan fingerprint density at radius 1 is 0.667 bits per heavy atom. The quantitative estimate of drug-likeness (QED) is 0.356. The summed E-state index contributed by atoms with van der Waals surface area (Å²) in [6.07, 6.45) is 2.04. The van der Waals surface area contributed by atoms with Gasteiger partial charge in [-0.2, -0.15) is 13.2 Å². The number of halogens is 5. The van der Waals surface area contributed by atoms with Crippen molar-refractivity contribution in [2.75, 3.05) is 0 Å². The van der Waals surface area contributed by atoms with Crippen LogP contribution < -0.4 is 0 Å². The van der Waals surface area contributed by atoms with E-state index in [0.717, 1.165) is 49.4 Å². The van der Waals surface area contributed by atoms with Gasteiger partial charge in [0.1, 0.15) is 12.3 Å². The highest BCUT2D eigenvalue weighted by Gasteiger charge is 2.42. The van der Waals surface area contributed by atoms with Gasteiger partial charge >= 0.3 is 6.18 Å². The van der Waals surface area contributed by atoms with Gasteiger partial charge in [-0.15, -0.1) is 0 Å². The first-order chi connectivity index (χ1) is 12.7. The molecule has 3 saturated carbocycles. The fourth-order valence-corrected chi connectivity index (χ4v) is 5.77. The lowest BCUT2D eigenvalue weighted by Crippen LogP contribution is -2.39. The number of hydrogen-bond acceptors (Lipinski definition) is 0. The van der Waals surface area contributed by atoms with E-state index in [-0.39, 0.29) is 18.8 Å². The molecule has 5 heteroatoms. The van der Waals surface area contributed by atoms with E-state index in [1.54, 1.807) is 0 Å². The van der Waals surface area contributed by atoms with E-state index in [9.17, 15) is 22.0 Å². The van der Waals surface area contributed by atoms with Crippen LogP contribution in [0, 0.1) is 47.3 Å². The van der Waals surface area contributed by atoms with Gasteiger partial charge in [0.2, 0.25) is 0 Å². The lowest BCUT2D eigenvalue weighted by molar-refractivity contribution is -0.0701. The highest BCUT2D eigenvalue weighted by molar-refractivity contribution is 5.14. The van der Waals surface area contributed by atoms with Crippen LogP contribution in [0.25, 0.3) is 0 Å². The largest absolute Gasteiger partial charge is 0.457 e. The fourth-order valence-electron chi connectivity index (χ4n) is 5.77. The Morgan fingerprint density at radius 2 is 1.07 bits per heavy atom. The van der Waals surface area contributed by atoms with E-state index in [4.69, 9.17) is 0 Å². The van der Waals surface area contributed by atoms with Gasteiger partial charge in [0.25, 0.3) is 0 Å². The van der Waals surface area contributed by atoms with Gasteiger partial charge in [-0.1, -0.05) is 25.7 Å². The summed E-state index contributed by atoms with van der Waals surface area (Å²) < 4.78 is 65.4. The highest BCUT2D eigenvalue weighted by atomic mass is 19.4. The molecular formula is C22H31F5. The molecule has 27 heavy (non-hydrogen) atoms. The van der Waals surface area contributed by atoms with Crippen LogP contribution in [0.2, 0.25) is 0 Å². The molecule has 0 aromatic rings. The molecule has 0 heterocycles. The molecule has 3 rings (SSSR count). The second-order valence-electron chi connectivity index (χ2n) is 9.25. The molecule has 3 fully saturated rings. The first kappa shape index (κ1) is 20.9. The molecule has 0 N–H and O–H groups in total. The van der Waals surface area contributed by atoms with Gasteiger partial charge in [-0.25, -0.2) is 8.78 Å². The van der Waals surface area contributed by atoms with Crippen LogP contribution in [-0.2, 0) is 0 Å². The number of rotatable bonds is 2. The zero-order chi connectivity index (χ0) is 19.6. The molecule has 0 bridgehead atoms. The molecular weight excluding hydrogens is 359 g/mol. The molecule has 0 nitrogen and oxygen atoms in total. The number of hydrogen-bond donors (Lipinski definition) is 0. The molecule has 0 aliphatic heterocycles. The van der Waals surface area contributed by atoms with E-state index in [0.29, 0.717) is 5.92 Å². The van der Waals surface area contributed by atoms with Crippen LogP contribution >= 0.6 is 0 Å². The molecule has 3 aliphatic rings. The molecule has 0 spiro atoms. The van der Waals surface area contributed by atoms with Crippen molar-refractivity contribution in [3.05, 3.63) is 0 Å². The zero-order valence-corrected chi connectivity index (χ0v) is 16.1. The smallest absolute Gasteiger partial charge is 0.246 e. The average molecular weight is 390 g/mol. The van der Waals surface area contributed by atoms with Crippen LogP contribution in [0.15, 0.2) is 0 Å². The minimum Gasteiger partial charge on any atom is -0.246 e. The Bertz CT molecular complexity index is 517. The van der Waals surface area contributed by atoms with E-state index < -0.39 is 24.4 Å². The molecule has 0 amide bonds. The summed E-state index contributed by atoms with van der Waals surface area (Å²) >= 11 is 0. The van der Waals surface area contributed by atoms with Crippen molar-refractivity contribution in [3.8, 4) is 11.8 Å². The van der Waals surface area contributed by atoms with Crippen LogP contribution in [0.3, 0.4) is 0 Å². The molecule has 2 atom stereocenters. The van der Waals surface area contributed by atoms with E-state index >= 15 is 0 Å². The third-order valence-electron chi connectivity index (χ3n) is 7.43. The molecule has 0 radical (unpaired) electrons. The fraction of sp³-hybridized carbons (Fsp3) is 0.909. The lowest BCUT2D eigenvalue weighted by Gasteiger charge is -2.42. The van der Waals surface area contributed by atoms with Crippen molar-refractivity contribution < 1.29 is 22.0 Å². The summed E-state index contributed by atoms with van der Waals surface area (Å²) in [5, 5.41) is 0. The standard InChI is InChI=1S/C22H31F5/c1-14-2-4-15(5-3-14)16-6-8-17(9-7-16)18-12-20(23)19(21(24)13-18)10-11-22(25,26)27/h14-21H,2-9,12-13H2,1H3. The Balaban J connectivity index is 1.50. The summed E-state index contributed by atoms with van der Waals surface area (Å²) in [6.45, 7) is 2.32. The van der Waals surface area contributed by atoms with Gasteiger partial charge in [-0.3, -0.25) is 0 Å². The van der Waals surface area contributed by atoms with Gasteiger partial charge in [-0.05, 0) is 81.0 Å². The molecule has 154 valence electrons. The molecule has 0 aromatic carbocycles. The topological polar surface area (TPSA) is 0 Å². The van der Waals surface area contributed by atoms with E-state index in [1.165, 1.54) is 25.7 Å². The lowest BCUT2D eigenvalue weighted by atomic mass is 9.64. The normalized spacial score (nSPS) is 43.6. The van der Waals surface area contributed by atoms with Crippen LogP contribution in [-0.4, -0.2) is 18.5 Å². The van der Waals surface area contributed by atoms with Crippen molar-refractivity contribution in [3.63, 3.8) is 0 Å². The van der Waals surface area contributed by atoms with Crippen LogP contribution in [0.1, 0.15) is 71.1 Å². The predicted molar refractivity (Wildman–Crippen MR) is 96.4 cm³/mol. The van der Waals surface area contributed by atoms with E-state index in [2.05, 4.69) is 6.92 Å². The first-order valence-electron chi connectivity index (χ1n) is 10.6. The minimum absolute atomic E-state index is 0.0498. The minimum atomic E-state index is -4.69. The zero-order valence-electron chi connectivity index (χ0n) is 16.1. The van der Waals surface area contributed by atoms with Gasteiger partial charge < -0.3 is 0 Å². The average Bonchev–Trinajstić information content (AvgIpc) is 2.61. The first-order valence-corrected chi connectivity index (χ1v) is 10.6. The highest BCUT2D eigenvalue weighted by Crippen LogP contribution is 2.46. The predicted octanol–water partition coefficient (Wildman–Crippen LogP) is 6.89. The Morgan fingerprint density at radius 3 is 1.52 bits per heavy atom. The molecule has 0 aromatic heterocycles. The van der Waals surface area contributed by atoms with Crippen molar-refractivity contribution in [2.45, 2.75) is 89.7 Å². The van der Waals surface area contributed by atoms with Crippen molar-refractivity contribution >= 4 is 0 Å². The summed E-state index contributed by atoms with van der Waals surface area (Å²) in [5.74, 6) is 4.13. The monoisotopic (exact) mass is 390 g/mol. The third kappa shape index (κ3) is 5.61. The Hall–Kier alpha value is -0.790.